The minimum Gasteiger partial charge on any atom is -0.334 e. The minimum absolute atomic E-state index is 0.0272. The molecule has 0 saturated carbocycles. The van der Waals surface area contributed by atoms with Gasteiger partial charge in [0.05, 0.1) is 4.92 Å². The van der Waals surface area contributed by atoms with Gasteiger partial charge in [0, 0.05) is 23.6 Å². The van der Waals surface area contributed by atoms with Crippen molar-refractivity contribution in [3.8, 4) is 5.82 Å². The van der Waals surface area contributed by atoms with Crippen molar-refractivity contribution in [1.29, 1.82) is 0 Å². The van der Waals surface area contributed by atoms with Crippen LogP contribution in [0.15, 0.2) is 49.3 Å². The Labute approximate surface area is 136 Å². The van der Waals surface area contributed by atoms with Gasteiger partial charge >= 0.3 is 5.69 Å². The number of hydrogen-bond donors (Lipinski definition) is 1. The Balaban J connectivity index is 2.05. The maximum atomic E-state index is 11.5. The molecule has 0 fully saturated rings. The Kier molecular flexibility index (Phi) is 3.98. The molecule has 0 saturated heterocycles. The lowest BCUT2D eigenvalue weighted by atomic mass is 10.1. The normalized spacial score (nSPS) is 10.4. The van der Waals surface area contributed by atoms with Crippen LogP contribution < -0.4 is 5.32 Å². The monoisotopic (exact) mass is 324 g/mol. The van der Waals surface area contributed by atoms with Crippen molar-refractivity contribution in [2.24, 2.45) is 0 Å². The van der Waals surface area contributed by atoms with Crippen molar-refractivity contribution >= 4 is 23.0 Å². The van der Waals surface area contributed by atoms with Crippen molar-refractivity contribution in [2.75, 3.05) is 5.32 Å². The number of rotatable bonds is 5. The van der Waals surface area contributed by atoms with E-state index in [0.717, 1.165) is 0 Å². The molecule has 24 heavy (non-hydrogen) atoms. The van der Waals surface area contributed by atoms with Crippen LogP contribution in [0, 0.1) is 10.1 Å². The summed E-state index contributed by atoms with van der Waals surface area (Å²) in [4.78, 5) is 34.2. The second kappa shape index (κ2) is 6.24. The predicted octanol–water partition coefficient (Wildman–Crippen LogP) is 2.52. The molecule has 2 aromatic heterocycles. The molecule has 9 heteroatoms. The summed E-state index contributed by atoms with van der Waals surface area (Å²) in [5.41, 5.74) is 0.719. The summed E-state index contributed by atoms with van der Waals surface area (Å²) in [5.74, 6) is 0.0204. The molecule has 1 aromatic carbocycles. The van der Waals surface area contributed by atoms with E-state index >= 15 is 0 Å². The average Bonchev–Trinajstić information content (AvgIpc) is 3.09. The van der Waals surface area contributed by atoms with Crippen molar-refractivity contribution in [2.45, 2.75) is 6.92 Å². The highest BCUT2D eigenvalue weighted by molar-refractivity contribution is 5.95. The van der Waals surface area contributed by atoms with Gasteiger partial charge in [-0.25, -0.2) is 15.0 Å². The standard InChI is InChI=1S/C15H12N6O3/c1-10(22)11-3-2-4-12(7-11)19-14-13(21(23)24)15(18-8-17-14)20-6-5-16-9-20/h2-9H,1H3,(H,17,18,19). The van der Waals surface area contributed by atoms with Crippen LogP contribution in [0.2, 0.25) is 0 Å². The highest BCUT2D eigenvalue weighted by atomic mass is 16.6. The fourth-order valence-corrected chi connectivity index (χ4v) is 2.16. The summed E-state index contributed by atoms with van der Waals surface area (Å²) in [6.07, 6.45) is 5.68. The first-order valence-corrected chi connectivity index (χ1v) is 6.92. The van der Waals surface area contributed by atoms with Crippen LogP contribution in [0.5, 0.6) is 0 Å². The van der Waals surface area contributed by atoms with Crippen LogP contribution in [0.3, 0.4) is 0 Å². The van der Waals surface area contributed by atoms with Gasteiger partial charge in [0.1, 0.15) is 12.7 Å². The van der Waals surface area contributed by atoms with E-state index in [4.69, 9.17) is 0 Å². The molecule has 120 valence electrons. The van der Waals surface area contributed by atoms with Crippen LogP contribution in [0.25, 0.3) is 5.82 Å². The zero-order valence-electron chi connectivity index (χ0n) is 12.6. The SMILES string of the molecule is CC(=O)c1cccc(Nc2ncnc(-n3ccnc3)c2[N+](=O)[O-])c1. The summed E-state index contributed by atoms with van der Waals surface area (Å²) in [7, 11) is 0. The highest BCUT2D eigenvalue weighted by Gasteiger charge is 2.24. The fourth-order valence-electron chi connectivity index (χ4n) is 2.16. The van der Waals surface area contributed by atoms with Gasteiger partial charge in [-0.05, 0) is 19.1 Å². The third-order valence-electron chi connectivity index (χ3n) is 3.27. The second-order valence-corrected chi connectivity index (χ2v) is 4.88. The van der Waals surface area contributed by atoms with Gasteiger partial charge in [0.15, 0.2) is 5.78 Å². The molecule has 3 aromatic rings. The maximum Gasteiger partial charge on any atom is 0.354 e. The lowest BCUT2D eigenvalue weighted by Crippen LogP contribution is -2.07. The van der Waals surface area contributed by atoms with Gasteiger partial charge in [-0.15, -0.1) is 0 Å². The maximum absolute atomic E-state index is 11.5. The van der Waals surface area contributed by atoms with Crippen LogP contribution in [0.1, 0.15) is 17.3 Å². The van der Waals surface area contributed by atoms with E-state index < -0.39 is 4.92 Å². The van der Waals surface area contributed by atoms with Crippen LogP contribution in [-0.2, 0) is 0 Å². The third kappa shape index (κ3) is 2.95. The fraction of sp³-hybridized carbons (Fsp3) is 0.0667. The smallest absolute Gasteiger partial charge is 0.334 e. The highest BCUT2D eigenvalue weighted by Crippen LogP contribution is 2.30. The molecule has 3 rings (SSSR count). The largest absolute Gasteiger partial charge is 0.354 e. The summed E-state index contributed by atoms with van der Waals surface area (Å²) in [5, 5.41) is 14.4. The van der Waals surface area contributed by atoms with E-state index in [-0.39, 0.29) is 23.1 Å². The number of Topliss-reactive ketones (excluding diaryl/α,β-unsaturated/α-hetero) is 1. The Morgan fingerprint density at radius 1 is 1.33 bits per heavy atom. The van der Waals surface area contributed by atoms with Crippen molar-refractivity contribution in [1.82, 2.24) is 19.5 Å². The number of benzene rings is 1. The van der Waals surface area contributed by atoms with Gasteiger partial charge in [0.2, 0.25) is 11.6 Å². The van der Waals surface area contributed by atoms with Gasteiger partial charge in [-0.1, -0.05) is 12.1 Å². The molecule has 0 radical (unpaired) electrons. The Hall–Kier alpha value is -3.62. The Bertz CT molecular complexity index is 907. The molecule has 2 heterocycles. The number of nitrogens with one attached hydrogen (secondary N) is 1. The molecule has 0 spiro atoms. The van der Waals surface area contributed by atoms with Crippen molar-refractivity contribution < 1.29 is 9.72 Å². The summed E-state index contributed by atoms with van der Waals surface area (Å²) in [6, 6.07) is 6.64. The van der Waals surface area contributed by atoms with Crippen LogP contribution >= 0.6 is 0 Å². The van der Waals surface area contributed by atoms with E-state index in [0.29, 0.717) is 11.3 Å². The van der Waals surface area contributed by atoms with Gasteiger partial charge < -0.3 is 5.32 Å². The number of carbonyl (C=O) groups excluding carboxylic acids is 1. The van der Waals surface area contributed by atoms with Gasteiger partial charge in [-0.2, -0.15) is 0 Å². The third-order valence-corrected chi connectivity index (χ3v) is 3.27. The number of nitrogens with zero attached hydrogens (tertiary/aromatic N) is 5. The number of anilines is 2. The first-order valence-electron chi connectivity index (χ1n) is 6.92. The van der Waals surface area contributed by atoms with Gasteiger partial charge in [0.25, 0.3) is 0 Å². The molecule has 1 N–H and O–H groups in total. The summed E-state index contributed by atoms with van der Waals surface area (Å²) in [6.45, 7) is 1.45. The molecular formula is C15H12N6O3. The molecule has 0 amide bonds. The predicted molar refractivity (Wildman–Crippen MR) is 85.5 cm³/mol. The Morgan fingerprint density at radius 3 is 2.83 bits per heavy atom. The average molecular weight is 324 g/mol. The first kappa shape index (κ1) is 15.3. The Morgan fingerprint density at radius 2 is 2.17 bits per heavy atom. The lowest BCUT2D eigenvalue weighted by molar-refractivity contribution is -0.384. The first-order chi connectivity index (χ1) is 11.6. The quantitative estimate of drug-likeness (QED) is 0.435. The van der Waals surface area contributed by atoms with E-state index in [1.165, 1.54) is 30.3 Å². The van der Waals surface area contributed by atoms with Crippen molar-refractivity contribution in [3.05, 3.63) is 65.0 Å². The zero-order chi connectivity index (χ0) is 17.1. The second-order valence-electron chi connectivity index (χ2n) is 4.88. The number of ketones is 1. The number of nitro groups is 1. The topological polar surface area (TPSA) is 116 Å². The van der Waals surface area contributed by atoms with E-state index in [1.54, 1.807) is 30.5 Å². The molecule has 9 nitrogen and oxygen atoms in total. The number of carbonyl (C=O) groups is 1. The van der Waals surface area contributed by atoms with Crippen LogP contribution in [0.4, 0.5) is 17.2 Å². The van der Waals surface area contributed by atoms with Crippen molar-refractivity contribution in [3.63, 3.8) is 0 Å². The molecular weight excluding hydrogens is 312 g/mol. The number of aromatic nitrogens is 4. The molecule has 0 atom stereocenters. The molecule has 0 aliphatic carbocycles. The van der Waals surface area contributed by atoms with E-state index in [1.807, 2.05) is 0 Å². The molecule has 0 bridgehead atoms. The summed E-state index contributed by atoms with van der Waals surface area (Å²) >= 11 is 0. The lowest BCUT2D eigenvalue weighted by Gasteiger charge is -2.09. The molecule has 0 aliphatic heterocycles. The summed E-state index contributed by atoms with van der Waals surface area (Å²) < 4.78 is 1.43. The van der Waals surface area contributed by atoms with Gasteiger partial charge in [-0.3, -0.25) is 19.5 Å². The van der Waals surface area contributed by atoms with Crippen LogP contribution in [-0.4, -0.2) is 30.2 Å². The number of hydrogen-bond acceptors (Lipinski definition) is 7. The minimum atomic E-state index is -0.563. The molecule has 0 aliphatic rings. The number of imidazole rings is 1. The molecule has 0 unspecified atom stereocenters. The van der Waals surface area contributed by atoms with E-state index in [9.17, 15) is 14.9 Å². The zero-order valence-corrected chi connectivity index (χ0v) is 12.6. The van der Waals surface area contributed by atoms with E-state index in [2.05, 4.69) is 20.3 Å².